The summed E-state index contributed by atoms with van der Waals surface area (Å²) in [5.41, 5.74) is 3.52. The van der Waals surface area contributed by atoms with Gasteiger partial charge in [-0.25, -0.2) is 9.78 Å². The first-order valence-electron chi connectivity index (χ1n) is 6.79. The molecule has 1 aliphatic rings. The van der Waals surface area contributed by atoms with Gasteiger partial charge < -0.3 is 4.74 Å². The van der Waals surface area contributed by atoms with Crippen molar-refractivity contribution in [3.05, 3.63) is 65.2 Å². The smallest absolute Gasteiger partial charge is 0.121 e. The molecule has 3 nitrogen and oxygen atoms in total. The summed E-state index contributed by atoms with van der Waals surface area (Å²) in [5.74, 6) is 0.850. The van der Waals surface area contributed by atoms with E-state index >= 15 is 0 Å². The van der Waals surface area contributed by atoms with Gasteiger partial charge in [0.05, 0.1) is 7.11 Å². The van der Waals surface area contributed by atoms with Gasteiger partial charge >= 0.3 is 0 Å². The minimum absolute atomic E-state index is 0.00250. The fourth-order valence-electron chi connectivity index (χ4n) is 2.39. The highest BCUT2D eigenvalue weighted by atomic mass is 17.2. The molecule has 2 aromatic carbocycles. The van der Waals surface area contributed by atoms with Gasteiger partial charge in [0, 0.05) is 6.42 Å². The summed E-state index contributed by atoms with van der Waals surface area (Å²) in [5, 5.41) is 0. The number of ether oxygens (including phenoxy) is 1. The van der Waals surface area contributed by atoms with Gasteiger partial charge in [0.25, 0.3) is 0 Å². The molecule has 0 saturated carbocycles. The lowest BCUT2D eigenvalue weighted by Crippen LogP contribution is -1.96. The number of hydrogen-bond donors (Lipinski definition) is 0. The molecule has 0 aliphatic carbocycles. The third-order valence-corrected chi connectivity index (χ3v) is 3.65. The Morgan fingerprint density at radius 2 is 1.35 bits per heavy atom. The molecule has 3 rings (SSSR count). The van der Waals surface area contributed by atoms with Crippen molar-refractivity contribution in [2.45, 2.75) is 25.6 Å². The molecule has 0 spiro atoms. The molecule has 0 unspecified atom stereocenters. The lowest BCUT2D eigenvalue weighted by Gasteiger charge is -2.08. The highest BCUT2D eigenvalue weighted by molar-refractivity contribution is 5.29. The summed E-state index contributed by atoms with van der Waals surface area (Å²) >= 11 is 0. The Morgan fingerprint density at radius 1 is 0.850 bits per heavy atom. The second-order valence-electron chi connectivity index (χ2n) is 5.09. The molecule has 2 atom stereocenters. The highest BCUT2D eigenvalue weighted by Gasteiger charge is 2.29. The van der Waals surface area contributed by atoms with Gasteiger partial charge in [-0.2, -0.15) is 0 Å². The predicted molar refractivity (Wildman–Crippen MR) is 76.4 cm³/mol. The number of methoxy groups -OCH3 is 1. The summed E-state index contributed by atoms with van der Waals surface area (Å²) in [6.45, 7) is 2.08. The van der Waals surface area contributed by atoms with E-state index in [0.29, 0.717) is 0 Å². The average Bonchev–Trinajstić information content (AvgIpc) is 2.98. The highest BCUT2D eigenvalue weighted by Crippen LogP contribution is 2.39. The molecule has 0 radical (unpaired) electrons. The van der Waals surface area contributed by atoms with Crippen molar-refractivity contribution in [1.29, 1.82) is 0 Å². The van der Waals surface area contributed by atoms with Gasteiger partial charge in [0.1, 0.15) is 18.0 Å². The number of aryl methyl sites for hydroxylation is 1. The van der Waals surface area contributed by atoms with Crippen LogP contribution in [0.25, 0.3) is 0 Å². The normalized spacial score (nSPS) is 21.9. The Labute approximate surface area is 119 Å². The first kappa shape index (κ1) is 13.2. The van der Waals surface area contributed by atoms with E-state index in [2.05, 4.69) is 31.2 Å². The molecular weight excluding hydrogens is 252 g/mol. The van der Waals surface area contributed by atoms with E-state index in [-0.39, 0.29) is 12.2 Å². The Morgan fingerprint density at radius 3 is 1.85 bits per heavy atom. The van der Waals surface area contributed by atoms with E-state index < -0.39 is 0 Å². The van der Waals surface area contributed by atoms with Gasteiger partial charge in [-0.1, -0.05) is 42.0 Å². The van der Waals surface area contributed by atoms with E-state index in [1.165, 1.54) is 5.56 Å². The quantitative estimate of drug-likeness (QED) is 0.785. The fraction of sp³-hybridized carbons (Fsp3) is 0.294. The first-order valence-corrected chi connectivity index (χ1v) is 6.79. The summed E-state index contributed by atoms with van der Waals surface area (Å²) in [6.07, 6.45) is 0.810. The largest absolute Gasteiger partial charge is 0.497 e. The Balaban J connectivity index is 1.71. The van der Waals surface area contributed by atoms with Crippen molar-refractivity contribution in [1.82, 2.24) is 0 Å². The predicted octanol–water partition coefficient (Wildman–Crippen LogP) is 4.14. The van der Waals surface area contributed by atoms with Crippen molar-refractivity contribution in [2.75, 3.05) is 7.11 Å². The van der Waals surface area contributed by atoms with Crippen LogP contribution in [0.2, 0.25) is 0 Å². The SMILES string of the molecule is COc1ccc([C@H]2C[C@@H](c3ccc(C)cc3)OO2)cc1. The van der Waals surface area contributed by atoms with Crippen LogP contribution in [-0.2, 0) is 9.78 Å². The maximum Gasteiger partial charge on any atom is 0.121 e. The standard InChI is InChI=1S/C17H18O3/c1-12-3-5-13(6-4-12)16-11-17(20-19-16)14-7-9-15(18-2)10-8-14/h3-10,16-17H,11H2,1-2H3/t16-,17+/m0/s1. The van der Waals surface area contributed by atoms with Crippen molar-refractivity contribution in [3.8, 4) is 5.75 Å². The number of benzene rings is 2. The molecule has 0 N–H and O–H groups in total. The average molecular weight is 270 g/mol. The van der Waals surface area contributed by atoms with Gasteiger partial charge in [-0.05, 0) is 30.2 Å². The molecule has 0 bridgehead atoms. The van der Waals surface area contributed by atoms with Crippen molar-refractivity contribution < 1.29 is 14.5 Å². The minimum Gasteiger partial charge on any atom is -0.497 e. The molecule has 1 fully saturated rings. The van der Waals surface area contributed by atoms with Gasteiger partial charge in [0.2, 0.25) is 0 Å². The lowest BCUT2D eigenvalue weighted by molar-refractivity contribution is -0.300. The maximum absolute atomic E-state index is 5.47. The van der Waals surface area contributed by atoms with Crippen molar-refractivity contribution in [2.24, 2.45) is 0 Å². The molecule has 1 saturated heterocycles. The van der Waals surface area contributed by atoms with Crippen LogP contribution >= 0.6 is 0 Å². The molecule has 0 aromatic heterocycles. The maximum atomic E-state index is 5.47. The minimum atomic E-state index is -0.0211. The van der Waals surface area contributed by atoms with Crippen LogP contribution in [0.1, 0.15) is 35.3 Å². The van der Waals surface area contributed by atoms with Crippen LogP contribution in [0.5, 0.6) is 5.75 Å². The van der Waals surface area contributed by atoms with Crippen molar-refractivity contribution in [3.63, 3.8) is 0 Å². The zero-order chi connectivity index (χ0) is 13.9. The molecule has 104 valence electrons. The second-order valence-corrected chi connectivity index (χ2v) is 5.09. The summed E-state index contributed by atoms with van der Waals surface area (Å²) in [4.78, 5) is 10.9. The monoisotopic (exact) mass is 270 g/mol. The fourth-order valence-corrected chi connectivity index (χ4v) is 2.39. The Bertz CT molecular complexity index is 560. The zero-order valence-electron chi connectivity index (χ0n) is 11.7. The van der Waals surface area contributed by atoms with Gasteiger partial charge in [0.15, 0.2) is 0 Å². The van der Waals surface area contributed by atoms with E-state index in [1.54, 1.807) is 7.11 Å². The lowest BCUT2D eigenvalue weighted by atomic mass is 9.99. The molecule has 1 aliphatic heterocycles. The molecule has 0 amide bonds. The van der Waals surface area contributed by atoms with Crippen LogP contribution in [0, 0.1) is 6.92 Å². The molecule has 1 heterocycles. The van der Waals surface area contributed by atoms with Crippen LogP contribution in [0.3, 0.4) is 0 Å². The van der Waals surface area contributed by atoms with Crippen molar-refractivity contribution >= 4 is 0 Å². The topological polar surface area (TPSA) is 27.7 Å². The Kier molecular flexibility index (Phi) is 3.72. The van der Waals surface area contributed by atoms with Gasteiger partial charge in [-0.3, -0.25) is 0 Å². The third-order valence-electron chi connectivity index (χ3n) is 3.65. The summed E-state index contributed by atoms with van der Waals surface area (Å²) in [7, 11) is 1.66. The van der Waals surface area contributed by atoms with Crippen LogP contribution in [-0.4, -0.2) is 7.11 Å². The molecule has 20 heavy (non-hydrogen) atoms. The van der Waals surface area contributed by atoms with Crippen LogP contribution in [0.15, 0.2) is 48.5 Å². The molecular formula is C17H18O3. The Hall–Kier alpha value is -1.84. The zero-order valence-corrected chi connectivity index (χ0v) is 11.7. The third kappa shape index (κ3) is 2.69. The number of rotatable bonds is 3. The second kappa shape index (κ2) is 5.65. The van der Waals surface area contributed by atoms with Crippen LogP contribution in [0.4, 0.5) is 0 Å². The summed E-state index contributed by atoms with van der Waals surface area (Å²) in [6, 6.07) is 16.3. The summed E-state index contributed by atoms with van der Waals surface area (Å²) < 4.78 is 5.16. The van der Waals surface area contributed by atoms with E-state index in [9.17, 15) is 0 Å². The van der Waals surface area contributed by atoms with Crippen LogP contribution < -0.4 is 4.74 Å². The van der Waals surface area contributed by atoms with E-state index in [1.807, 2.05) is 24.3 Å². The van der Waals surface area contributed by atoms with E-state index in [4.69, 9.17) is 14.5 Å². The van der Waals surface area contributed by atoms with E-state index in [0.717, 1.165) is 23.3 Å². The molecule has 2 aromatic rings. The first-order chi connectivity index (χ1) is 9.76. The number of hydrogen-bond acceptors (Lipinski definition) is 3. The van der Waals surface area contributed by atoms with Gasteiger partial charge in [-0.15, -0.1) is 0 Å². The molecule has 3 heteroatoms.